The van der Waals surface area contributed by atoms with Gasteiger partial charge in [-0.05, 0) is 37.1 Å². The highest BCUT2D eigenvalue weighted by Gasteiger charge is 2.37. The molecule has 0 N–H and O–H groups in total. The second-order valence-corrected chi connectivity index (χ2v) is 7.86. The highest BCUT2D eigenvalue weighted by Crippen LogP contribution is 2.25. The minimum atomic E-state index is -3.85. The van der Waals surface area contributed by atoms with E-state index >= 15 is 0 Å². The molecule has 3 rings (SSSR count). The zero-order chi connectivity index (χ0) is 17.5. The van der Waals surface area contributed by atoms with Crippen molar-refractivity contribution in [3.05, 3.63) is 70.3 Å². The molecule has 0 aromatic heterocycles. The van der Waals surface area contributed by atoms with Gasteiger partial charge in [0.1, 0.15) is 6.54 Å². The van der Waals surface area contributed by atoms with E-state index in [0.29, 0.717) is 21.0 Å². The Morgan fingerprint density at radius 3 is 2.58 bits per heavy atom. The summed E-state index contributed by atoms with van der Waals surface area (Å²) in [5, 5.41) is 0. The number of hydrogen-bond donors (Lipinski definition) is 0. The lowest BCUT2D eigenvalue weighted by atomic mass is 10.0. The third-order valence-corrected chi connectivity index (χ3v) is 5.77. The number of sulfonamides is 1. The van der Waals surface area contributed by atoms with E-state index in [1.54, 1.807) is 37.3 Å². The van der Waals surface area contributed by atoms with Gasteiger partial charge in [-0.15, -0.1) is 0 Å². The van der Waals surface area contributed by atoms with Crippen molar-refractivity contribution in [2.24, 2.45) is 0 Å². The summed E-state index contributed by atoms with van der Waals surface area (Å²) in [5.74, 6) is -1.29. The van der Waals surface area contributed by atoms with E-state index in [4.69, 9.17) is 0 Å². The van der Waals surface area contributed by atoms with Crippen LogP contribution in [0.15, 0.2) is 42.5 Å². The normalized spacial score (nSPS) is 15.9. The van der Waals surface area contributed by atoms with Crippen molar-refractivity contribution < 1.29 is 18.0 Å². The maximum atomic E-state index is 12.6. The molecule has 0 fully saturated rings. The standard InChI is InChI=1S/C18H17NO4S/c1-12-7-8-13(2)16(9-12)17(20)10-19-18(21)15-6-4-3-5-14(15)11-24(19,22)23/h3-9H,10-11H2,1-2H3. The van der Waals surface area contributed by atoms with Gasteiger partial charge in [-0.25, -0.2) is 12.7 Å². The minimum absolute atomic E-state index is 0.269. The number of benzene rings is 2. The summed E-state index contributed by atoms with van der Waals surface area (Å²) in [6.07, 6.45) is 0. The van der Waals surface area contributed by atoms with E-state index in [1.807, 2.05) is 19.1 Å². The van der Waals surface area contributed by atoms with E-state index < -0.39 is 22.5 Å². The molecule has 1 amide bonds. The quantitative estimate of drug-likeness (QED) is 0.803. The van der Waals surface area contributed by atoms with Crippen LogP contribution in [0.1, 0.15) is 37.4 Å². The molecule has 0 radical (unpaired) electrons. The van der Waals surface area contributed by atoms with Crippen molar-refractivity contribution in [3.63, 3.8) is 0 Å². The number of nitrogens with zero attached hydrogens (tertiary/aromatic N) is 1. The fourth-order valence-corrected chi connectivity index (χ4v) is 4.28. The molecule has 0 bridgehead atoms. The first kappa shape index (κ1) is 16.4. The van der Waals surface area contributed by atoms with Crippen molar-refractivity contribution in [3.8, 4) is 0 Å². The van der Waals surface area contributed by atoms with Crippen LogP contribution in [0.4, 0.5) is 0 Å². The summed E-state index contributed by atoms with van der Waals surface area (Å²) in [6.45, 7) is 3.17. The number of carbonyl (C=O) groups excluding carboxylic acids is 2. The van der Waals surface area contributed by atoms with E-state index in [-0.39, 0.29) is 11.5 Å². The molecule has 2 aromatic carbocycles. The summed E-state index contributed by atoms with van der Waals surface area (Å²) in [7, 11) is -3.85. The third-order valence-electron chi connectivity index (χ3n) is 4.13. The topological polar surface area (TPSA) is 71.5 Å². The van der Waals surface area contributed by atoms with Crippen LogP contribution in [0, 0.1) is 13.8 Å². The third kappa shape index (κ3) is 2.85. The van der Waals surface area contributed by atoms with Gasteiger partial charge in [-0.3, -0.25) is 9.59 Å². The zero-order valence-corrected chi connectivity index (χ0v) is 14.3. The summed E-state index contributed by atoms with van der Waals surface area (Å²) < 4.78 is 25.5. The Hall–Kier alpha value is -2.47. The van der Waals surface area contributed by atoms with Gasteiger partial charge in [-0.2, -0.15) is 0 Å². The molecule has 2 aromatic rings. The summed E-state index contributed by atoms with van der Waals surface area (Å²) >= 11 is 0. The molecule has 0 atom stereocenters. The predicted molar refractivity (Wildman–Crippen MR) is 90.3 cm³/mol. The summed E-state index contributed by atoms with van der Waals surface area (Å²) in [5.41, 5.74) is 2.91. The number of carbonyl (C=O) groups is 2. The average molecular weight is 343 g/mol. The number of amides is 1. The minimum Gasteiger partial charge on any atom is -0.292 e. The van der Waals surface area contributed by atoms with Crippen LogP contribution < -0.4 is 0 Å². The first-order chi connectivity index (χ1) is 11.3. The molecule has 1 aliphatic rings. The van der Waals surface area contributed by atoms with Crippen molar-refractivity contribution >= 4 is 21.7 Å². The largest absolute Gasteiger partial charge is 0.292 e. The molecular formula is C18H17NO4S. The summed E-state index contributed by atoms with van der Waals surface area (Å²) in [4.78, 5) is 25.1. The predicted octanol–water partition coefficient (Wildman–Crippen LogP) is 2.47. The van der Waals surface area contributed by atoms with Crippen LogP contribution in [-0.4, -0.2) is 31.0 Å². The summed E-state index contributed by atoms with van der Waals surface area (Å²) in [6, 6.07) is 12.0. The molecule has 24 heavy (non-hydrogen) atoms. The second-order valence-electron chi connectivity index (χ2n) is 5.97. The van der Waals surface area contributed by atoms with Gasteiger partial charge in [-0.1, -0.05) is 35.9 Å². The Labute approximate surface area is 141 Å². The van der Waals surface area contributed by atoms with E-state index in [0.717, 1.165) is 11.1 Å². The van der Waals surface area contributed by atoms with Gasteiger partial charge < -0.3 is 0 Å². The fourth-order valence-electron chi connectivity index (χ4n) is 2.81. The maximum Gasteiger partial charge on any atom is 0.268 e. The number of aryl methyl sites for hydroxylation is 2. The molecule has 0 spiro atoms. The number of rotatable bonds is 3. The molecule has 0 saturated heterocycles. The first-order valence-corrected chi connectivity index (χ1v) is 9.13. The molecule has 5 nitrogen and oxygen atoms in total. The number of Topliss-reactive ketones (excluding diaryl/α,β-unsaturated/α-hetero) is 1. The van der Waals surface area contributed by atoms with Crippen LogP contribution >= 0.6 is 0 Å². The smallest absolute Gasteiger partial charge is 0.268 e. The fraction of sp³-hybridized carbons (Fsp3) is 0.222. The van der Waals surface area contributed by atoms with Gasteiger partial charge in [0, 0.05) is 11.1 Å². The Balaban J connectivity index is 1.96. The number of ketones is 1. The highest BCUT2D eigenvalue weighted by molar-refractivity contribution is 7.89. The van der Waals surface area contributed by atoms with Crippen molar-refractivity contribution in [1.29, 1.82) is 0 Å². The molecule has 1 heterocycles. The molecular weight excluding hydrogens is 326 g/mol. The van der Waals surface area contributed by atoms with Crippen molar-refractivity contribution in [2.45, 2.75) is 19.6 Å². The van der Waals surface area contributed by atoms with Crippen molar-refractivity contribution in [2.75, 3.05) is 6.54 Å². The van der Waals surface area contributed by atoms with Crippen molar-refractivity contribution in [1.82, 2.24) is 4.31 Å². The van der Waals surface area contributed by atoms with Crippen LogP contribution in [0.25, 0.3) is 0 Å². The SMILES string of the molecule is Cc1ccc(C)c(C(=O)CN2C(=O)c3ccccc3CS2(=O)=O)c1. The first-order valence-electron chi connectivity index (χ1n) is 7.53. The second kappa shape index (κ2) is 5.87. The lowest BCUT2D eigenvalue weighted by molar-refractivity contribution is 0.0806. The van der Waals surface area contributed by atoms with E-state index in [9.17, 15) is 18.0 Å². The van der Waals surface area contributed by atoms with Gasteiger partial charge in [0.25, 0.3) is 5.91 Å². The Morgan fingerprint density at radius 2 is 1.83 bits per heavy atom. The van der Waals surface area contributed by atoms with Gasteiger partial charge >= 0.3 is 0 Å². The lowest BCUT2D eigenvalue weighted by Gasteiger charge is -2.27. The Morgan fingerprint density at radius 1 is 1.12 bits per heavy atom. The lowest BCUT2D eigenvalue weighted by Crippen LogP contribution is -2.44. The molecule has 124 valence electrons. The van der Waals surface area contributed by atoms with Crippen LogP contribution in [0.3, 0.4) is 0 Å². The monoisotopic (exact) mass is 343 g/mol. The number of hydrogen-bond acceptors (Lipinski definition) is 4. The highest BCUT2D eigenvalue weighted by atomic mass is 32.2. The maximum absolute atomic E-state index is 12.6. The van der Waals surface area contributed by atoms with Crippen LogP contribution in [0.2, 0.25) is 0 Å². The van der Waals surface area contributed by atoms with Crippen LogP contribution in [-0.2, 0) is 15.8 Å². The molecule has 6 heteroatoms. The van der Waals surface area contributed by atoms with E-state index in [1.165, 1.54) is 0 Å². The molecule has 1 aliphatic heterocycles. The number of fused-ring (bicyclic) bond motifs is 1. The van der Waals surface area contributed by atoms with E-state index in [2.05, 4.69) is 0 Å². The Bertz CT molecular complexity index is 947. The average Bonchev–Trinajstić information content (AvgIpc) is 2.53. The Kier molecular flexibility index (Phi) is 4.01. The van der Waals surface area contributed by atoms with Gasteiger partial charge in [0.2, 0.25) is 10.0 Å². The van der Waals surface area contributed by atoms with Gasteiger partial charge in [0.05, 0.1) is 5.75 Å². The molecule has 0 unspecified atom stereocenters. The molecule has 0 saturated carbocycles. The molecule has 0 aliphatic carbocycles. The zero-order valence-electron chi connectivity index (χ0n) is 13.4. The van der Waals surface area contributed by atoms with Gasteiger partial charge in [0.15, 0.2) is 5.78 Å². The van der Waals surface area contributed by atoms with Crippen LogP contribution in [0.5, 0.6) is 0 Å².